The zero-order valence-corrected chi connectivity index (χ0v) is 19.2. The molecule has 0 bridgehead atoms. The minimum absolute atomic E-state index is 0.0215. The van der Waals surface area contributed by atoms with Gasteiger partial charge in [-0.2, -0.15) is 0 Å². The van der Waals surface area contributed by atoms with E-state index >= 15 is 0 Å². The first-order chi connectivity index (χ1) is 15.9. The summed E-state index contributed by atoms with van der Waals surface area (Å²) in [6.07, 6.45) is 2.55. The fourth-order valence-electron chi connectivity index (χ4n) is 4.27. The lowest BCUT2D eigenvalue weighted by Gasteiger charge is -2.33. The van der Waals surface area contributed by atoms with E-state index in [4.69, 9.17) is 17.3 Å². The van der Waals surface area contributed by atoms with Crippen LogP contribution in [0.5, 0.6) is 5.75 Å². The molecule has 0 aliphatic carbocycles. The molecular weight excluding hydrogens is 440 g/mol. The molecule has 3 aromatic rings. The molecule has 1 fully saturated rings. The topological polar surface area (TPSA) is 113 Å². The van der Waals surface area contributed by atoms with Crippen molar-refractivity contribution < 1.29 is 15.0 Å². The van der Waals surface area contributed by atoms with Crippen LogP contribution in [0.15, 0.2) is 42.5 Å². The molecule has 1 aromatic heterocycles. The highest BCUT2D eigenvalue weighted by atomic mass is 35.5. The zero-order chi connectivity index (χ0) is 23.5. The van der Waals surface area contributed by atoms with Crippen molar-refractivity contribution in [3.8, 4) is 16.9 Å². The summed E-state index contributed by atoms with van der Waals surface area (Å²) in [5, 5.41) is 19.9. The number of carbonyl (C=O) groups excluding carboxylic acids is 1. The SMILES string of the molecule is Cc1nc(CC2CCN(c3ccc(-c4ccc(CO)cc4)c(Cl)c3)CC2)nc(C(N)=O)c1O. The number of carbonyl (C=O) groups is 1. The highest BCUT2D eigenvalue weighted by Gasteiger charge is 2.23. The first-order valence-electron chi connectivity index (χ1n) is 11.0. The molecular formula is C25H27ClN4O3. The average molecular weight is 467 g/mol. The van der Waals surface area contributed by atoms with E-state index in [0.717, 1.165) is 48.3 Å². The third kappa shape index (κ3) is 5.10. The summed E-state index contributed by atoms with van der Waals surface area (Å²) in [5.41, 5.74) is 9.51. The van der Waals surface area contributed by atoms with Gasteiger partial charge in [0, 0.05) is 30.8 Å². The lowest BCUT2D eigenvalue weighted by molar-refractivity contribution is 0.0991. The Balaban J connectivity index is 1.41. The molecule has 0 spiro atoms. The van der Waals surface area contributed by atoms with E-state index in [9.17, 15) is 15.0 Å². The Bertz CT molecular complexity index is 1160. The van der Waals surface area contributed by atoms with Crippen LogP contribution in [0.2, 0.25) is 5.02 Å². The number of aromatic nitrogens is 2. The van der Waals surface area contributed by atoms with Gasteiger partial charge in [-0.25, -0.2) is 9.97 Å². The second-order valence-corrected chi connectivity index (χ2v) is 8.85. The summed E-state index contributed by atoms with van der Waals surface area (Å²) in [6, 6.07) is 13.9. The molecule has 7 nitrogen and oxygen atoms in total. The number of aliphatic hydroxyl groups is 1. The van der Waals surface area contributed by atoms with Crippen LogP contribution in [-0.4, -0.2) is 39.2 Å². The van der Waals surface area contributed by atoms with Gasteiger partial charge < -0.3 is 20.8 Å². The van der Waals surface area contributed by atoms with Crippen LogP contribution in [0.1, 0.15) is 40.4 Å². The Morgan fingerprint density at radius 2 is 1.85 bits per heavy atom. The Hall–Kier alpha value is -3.16. The van der Waals surface area contributed by atoms with Gasteiger partial charge in [0.2, 0.25) is 0 Å². The van der Waals surface area contributed by atoms with Crippen LogP contribution >= 0.6 is 11.6 Å². The molecule has 2 heterocycles. The van der Waals surface area contributed by atoms with E-state index in [1.165, 1.54) is 0 Å². The second kappa shape index (κ2) is 9.77. The van der Waals surface area contributed by atoms with Gasteiger partial charge in [0.1, 0.15) is 5.82 Å². The summed E-state index contributed by atoms with van der Waals surface area (Å²) in [6.45, 7) is 3.42. The lowest BCUT2D eigenvalue weighted by atomic mass is 9.92. The fraction of sp³-hybridized carbons (Fsp3) is 0.320. The van der Waals surface area contributed by atoms with Crippen LogP contribution < -0.4 is 10.6 Å². The number of primary amides is 1. The van der Waals surface area contributed by atoms with Gasteiger partial charge in [-0.15, -0.1) is 0 Å². The number of amides is 1. The fourth-order valence-corrected chi connectivity index (χ4v) is 4.55. The first kappa shape index (κ1) is 23.0. The second-order valence-electron chi connectivity index (χ2n) is 8.44. The van der Waals surface area contributed by atoms with Crippen molar-refractivity contribution in [3.63, 3.8) is 0 Å². The molecule has 1 aliphatic rings. The average Bonchev–Trinajstić information content (AvgIpc) is 2.81. The van der Waals surface area contributed by atoms with Crippen molar-refractivity contribution in [2.45, 2.75) is 32.8 Å². The zero-order valence-electron chi connectivity index (χ0n) is 18.5. The van der Waals surface area contributed by atoms with Gasteiger partial charge in [0.05, 0.1) is 17.3 Å². The Morgan fingerprint density at radius 3 is 2.45 bits per heavy atom. The van der Waals surface area contributed by atoms with Crippen LogP contribution in [-0.2, 0) is 13.0 Å². The molecule has 1 amide bonds. The van der Waals surface area contributed by atoms with E-state index < -0.39 is 5.91 Å². The van der Waals surface area contributed by atoms with Gasteiger partial charge in [-0.1, -0.05) is 41.9 Å². The van der Waals surface area contributed by atoms with Gasteiger partial charge >= 0.3 is 0 Å². The molecule has 0 atom stereocenters. The van der Waals surface area contributed by atoms with E-state index in [1.54, 1.807) is 6.92 Å². The van der Waals surface area contributed by atoms with Gasteiger partial charge in [0.15, 0.2) is 11.4 Å². The predicted octanol–water partition coefficient (Wildman–Crippen LogP) is 3.86. The third-order valence-electron chi connectivity index (χ3n) is 6.19. The molecule has 1 aliphatic heterocycles. The molecule has 8 heteroatoms. The summed E-state index contributed by atoms with van der Waals surface area (Å²) >= 11 is 6.61. The van der Waals surface area contributed by atoms with Crippen molar-refractivity contribution >= 4 is 23.2 Å². The molecule has 0 saturated carbocycles. The largest absolute Gasteiger partial charge is 0.504 e. The normalized spacial score (nSPS) is 14.5. The molecule has 172 valence electrons. The maximum atomic E-state index is 11.5. The minimum Gasteiger partial charge on any atom is -0.504 e. The number of piperidine rings is 1. The molecule has 33 heavy (non-hydrogen) atoms. The number of hydrogen-bond donors (Lipinski definition) is 3. The number of halogens is 1. The highest BCUT2D eigenvalue weighted by Crippen LogP contribution is 2.33. The number of nitrogens with two attached hydrogens (primary N) is 1. The standard InChI is InChI=1S/C25H27ClN4O3/c1-15-24(32)23(25(27)33)29-22(28-15)12-16-8-10-30(11-9-16)19-6-7-20(21(26)13-19)18-4-2-17(14-31)3-5-18/h2-7,13,16,31-32H,8-12,14H2,1H3,(H2,27,33). The number of aliphatic hydroxyl groups excluding tert-OH is 1. The maximum Gasteiger partial charge on any atom is 0.271 e. The van der Waals surface area contributed by atoms with Crippen molar-refractivity contribution in [2.24, 2.45) is 11.7 Å². The van der Waals surface area contributed by atoms with E-state index in [0.29, 0.717) is 28.9 Å². The molecule has 2 aromatic carbocycles. The van der Waals surface area contributed by atoms with E-state index in [1.807, 2.05) is 36.4 Å². The number of hydrogen-bond acceptors (Lipinski definition) is 6. The summed E-state index contributed by atoms with van der Waals surface area (Å²) in [7, 11) is 0. The Kier molecular flexibility index (Phi) is 6.81. The van der Waals surface area contributed by atoms with Crippen molar-refractivity contribution in [2.75, 3.05) is 18.0 Å². The van der Waals surface area contributed by atoms with Crippen molar-refractivity contribution in [1.82, 2.24) is 9.97 Å². The third-order valence-corrected chi connectivity index (χ3v) is 6.50. The maximum absolute atomic E-state index is 11.5. The Morgan fingerprint density at radius 1 is 1.15 bits per heavy atom. The molecule has 4 rings (SSSR count). The monoisotopic (exact) mass is 466 g/mol. The smallest absolute Gasteiger partial charge is 0.271 e. The Labute approximate surface area is 197 Å². The number of aromatic hydroxyl groups is 1. The quantitative estimate of drug-likeness (QED) is 0.508. The summed E-state index contributed by atoms with van der Waals surface area (Å²) < 4.78 is 0. The van der Waals surface area contributed by atoms with Gasteiger partial charge in [-0.3, -0.25) is 4.79 Å². The lowest BCUT2D eigenvalue weighted by Crippen LogP contribution is -2.34. The number of nitrogens with zero attached hydrogens (tertiary/aromatic N) is 3. The summed E-state index contributed by atoms with van der Waals surface area (Å²) in [4.78, 5) is 22.4. The molecule has 0 radical (unpaired) electrons. The van der Waals surface area contributed by atoms with Crippen molar-refractivity contribution in [1.29, 1.82) is 0 Å². The van der Waals surface area contributed by atoms with Gasteiger partial charge in [0.25, 0.3) is 5.91 Å². The van der Waals surface area contributed by atoms with Gasteiger partial charge in [-0.05, 0) is 48.9 Å². The molecule has 1 saturated heterocycles. The number of rotatable bonds is 6. The predicted molar refractivity (Wildman–Crippen MR) is 128 cm³/mol. The number of aryl methyl sites for hydroxylation is 1. The van der Waals surface area contributed by atoms with Crippen LogP contribution in [0, 0.1) is 12.8 Å². The van der Waals surface area contributed by atoms with Crippen LogP contribution in [0.4, 0.5) is 5.69 Å². The first-order valence-corrected chi connectivity index (χ1v) is 11.3. The van der Waals surface area contributed by atoms with E-state index in [2.05, 4.69) is 20.9 Å². The summed E-state index contributed by atoms with van der Waals surface area (Å²) in [5.74, 6) is -0.0765. The number of benzene rings is 2. The number of anilines is 1. The highest BCUT2D eigenvalue weighted by molar-refractivity contribution is 6.33. The molecule has 4 N–H and O–H groups in total. The minimum atomic E-state index is -0.751. The van der Waals surface area contributed by atoms with E-state index in [-0.39, 0.29) is 18.1 Å². The van der Waals surface area contributed by atoms with Crippen LogP contribution in [0.25, 0.3) is 11.1 Å². The van der Waals surface area contributed by atoms with Crippen LogP contribution in [0.3, 0.4) is 0 Å². The van der Waals surface area contributed by atoms with Crippen molar-refractivity contribution in [3.05, 3.63) is 70.3 Å². The molecule has 0 unspecified atom stereocenters.